The number of carbonyl (C=O) groups is 2. The smallest absolute Gasteiger partial charge is 0.245 e. The molecule has 0 spiro atoms. The lowest BCUT2D eigenvalue weighted by Gasteiger charge is -2.37. The fourth-order valence-electron chi connectivity index (χ4n) is 3.58. The molecule has 0 radical (unpaired) electrons. The summed E-state index contributed by atoms with van der Waals surface area (Å²) >= 11 is 0. The summed E-state index contributed by atoms with van der Waals surface area (Å²) < 4.78 is 10.8. The molecule has 1 unspecified atom stereocenters. The summed E-state index contributed by atoms with van der Waals surface area (Å²) in [6.45, 7) is 5.12. The molecule has 25 heavy (non-hydrogen) atoms. The van der Waals surface area contributed by atoms with Gasteiger partial charge < -0.3 is 19.7 Å². The highest BCUT2D eigenvalue weighted by atomic mass is 16.5. The van der Waals surface area contributed by atoms with Crippen LogP contribution in [0.4, 0.5) is 0 Å². The Labute approximate surface area is 148 Å². The Hall–Kier alpha value is -1.92. The minimum Gasteiger partial charge on any atom is -0.381 e. The highest BCUT2D eigenvalue weighted by Crippen LogP contribution is 2.35. The van der Waals surface area contributed by atoms with Crippen molar-refractivity contribution in [1.29, 1.82) is 0 Å². The van der Waals surface area contributed by atoms with Crippen LogP contribution in [0, 0.1) is 0 Å². The van der Waals surface area contributed by atoms with E-state index in [4.69, 9.17) is 9.47 Å². The second kappa shape index (κ2) is 7.97. The maximum absolute atomic E-state index is 13.2. The van der Waals surface area contributed by atoms with E-state index in [2.05, 4.69) is 5.32 Å². The van der Waals surface area contributed by atoms with Gasteiger partial charge >= 0.3 is 0 Å². The second-order valence-electron chi connectivity index (χ2n) is 6.69. The highest BCUT2D eigenvalue weighted by molar-refractivity contribution is 5.93. The molecule has 1 aromatic carbocycles. The average Bonchev–Trinajstić information content (AvgIpc) is 2.69. The Kier molecular flexibility index (Phi) is 5.71. The molecule has 1 atom stereocenters. The number of amides is 2. The topological polar surface area (TPSA) is 67.9 Å². The average molecular weight is 346 g/mol. The summed E-state index contributed by atoms with van der Waals surface area (Å²) in [6.07, 6.45) is 1.25. The third-order valence-electron chi connectivity index (χ3n) is 5.15. The molecular formula is C19H26N2O4. The molecule has 3 rings (SSSR count). The van der Waals surface area contributed by atoms with E-state index in [1.54, 1.807) is 11.8 Å². The van der Waals surface area contributed by atoms with Gasteiger partial charge in [0.15, 0.2) is 0 Å². The van der Waals surface area contributed by atoms with Gasteiger partial charge in [-0.25, -0.2) is 0 Å². The molecule has 136 valence electrons. The first-order chi connectivity index (χ1) is 12.1. The van der Waals surface area contributed by atoms with E-state index in [1.807, 2.05) is 30.3 Å². The summed E-state index contributed by atoms with van der Waals surface area (Å²) in [5.74, 6) is -0.136. The van der Waals surface area contributed by atoms with Gasteiger partial charge in [0.1, 0.15) is 6.04 Å². The van der Waals surface area contributed by atoms with Crippen molar-refractivity contribution in [3.63, 3.8) is 0 Å². The van der Waals surface area contributed by atoms with Gasteiger partial charge in [-0.15, -0.1) is 0 Å². The van der Waals surface area contributed by atoms with E-state index >= 15 is 0 Å². The predicted octanol–water partition coefficient (Wildman–Crippen LogP) is 1.10. The Balaban J connectivity index is 1.73. The van der Waals surface area contributed by atoms with Gasteiger partial charge in [-0.3, -0.25) is 9.59 Å². The number of benzene rings is 1. The zero-order valence-electron chi connectivity index (χ0n) is 14.7. The molecule has 2 aliphatic heterocycles. The Bertz CT molecular complexity index is 593. The van der Waals surface area contributed by atoms with Crippen LogP contribution >= 0.6 is 0 Å². The summed E-state index contributed by atoms with van der Waals surface area (Å²) in [5, 5.41) is 2.96. The van der Waals surface area contributed by atoms with Crippen LogP contribution < -0.4 is 5.32 Å². The minimum absolute atomic E-state index is 0.0491. The van der Waals surface area contributed by atoms with Crippen molar-refractivity contribution in [1.82, 2.24) is 10.2 Å². The lowest BCUT2D eigenvalue weighted by Crippen LogP contribution is -2.55. The highest BCUT2D eigenvalue weighted by Gasteiger charge is 2.42. The van der Waals surface area contributed by atoms with Crippen LogP contribution in [0.15, 0.2) is 30.3 Å². The number of nitrogens with one attached hydrogen (secondary N) is 1. The Morgan fingerprint density at radius 1 is 1.04 bits per heavy atom. The molecule has 0 bridgehead atoms. The number of nitrogens with zero attached hydrogens (tertiary/aromatic N) is 1. The van der Waals surface area contributed by atoms with Crippen molar-refractivity contribution in [3.8, 4) is 0 Å². The maximum Gasteiger partial charge on any atom is 0.245 e. The largest absolute Gasteiger partial charge is 0.381 e. The molecule has 2 aliphatic rings. The third kappa shape index (κ3) is 3.85. The second-order valence-corrected chi connectivity index (χ2v) is 6.69. The molecule has 2 amide bonds. The van der Waals surface area contributed by atoms with Gasteiger partial charge in [0.2, 0.25) is 11.8 Å². The van der Waals surface area contributed by atoms with Crippen LogP contribution in [0.3, 0.4) is 0 Å². The molecule has 0 saturated carbocycles. The van der Waals surface area contributed by atoms with Gasteiger partial charge in [0, 0.05) is 26.3 Å². The lowest BCUT2D eigenvalue weighted by molar-refractivity contribution is -0.141. The van der Waals surface area contributed by atoms with E-state index in [1.165, 1.54) is 0 Å². The van der Waals surface area contributed by atoms with Crippen LogP contribution in [0.5, 0.6) is 0 Å². The maximum atomic E-state index is 13.2. The monoisotopic (exact) mass is 346 g/mol. The van der Waals surface area contributed by atoms with Gasteiger partial charge in [0.25, 0.3) is 0 Å². The first-order valence-corrected chi connectivity index (χ1v) is 8.94. The molecule has 1 aromatic rings. The van der Waals surface area contributed by atoms with Gasteiger partial charge in [-0.2, -0.15) is 0 Å². The van der Waals surface area contributed by atoms with E-state index < -0.39 is 11.5 Å². The first-order valence-electron chi connectivity index (χ1n) is 8.94. The van der Waals surface area contributed by atoms with Crippen LogP contribution in [-0.2, 0) is 24.5 Å². The van der Waals surface area contributed by atoms with Crippen molar-refractivity contribution in [2.75, 3.05) is 39.5 Å². The van der Waals surface area contributed by atoms with E-state index in [-0.39, 0.29) is 11.8 Å². The van der Waals surface area contributed by atoms with Gasteiger partial charge in [-0.05, 0) is 25.3 Å². The number of ether oxygens (including phenoxy) is 2. The van der Waals surface area contributed by atoms with Crippen LogP contribution in [0.1, 0.15) is 25.3 Å². The van der Waals surface area contributed by atoms with Crippen molar-refractivity contribution < 1.29 is 19.1 Å². The normalized spacial score (nSPS) is 21.4. The van der Waals surface area contributed by atoms with Crippen LogP contribution in [-0.4, -0.2) is 62.3 Å². The zero-order chi connectivity index (χ0) is 17.7. The molecule has 2 saturated heterocycles. The fraction of sp³-hybridized carbons (Fsp3) is 0.579. The number of rotatable bonds is 4. The lowest BCUT2D eigenvalue weighted by atomic mass is 9.73. The molecule has 0 aromatic heterocycles. The number of carbonyl (C=O) groups excluding carboxylic acids is 2. The standard InChI is InChI=1S/C19H26N2O4/c1-15(17(22)21-9-13-25-14-10-21)20-18(23)19(7-11-24-12-8-19)16-5-3-2-4-6-16/h2-6,15H,7-14H2,1H3,(H,20,23). The Morgan fingerprint density at radius 3 is 2.28 bits per heavy atom. The number of hydrogen-bond acceptors (Lipinski definition) is 4. The third-order valence-corrected chi connectivity index (χ3v) is 5.15. The summed E-state index contributed by atoms with van der Waals surface area (Å²) in [6, 6.07) is 9.26. The first kappa shape index (κ1) is 17.9. The predicted molar refractivity (Wildman–Crippen MR) is 93.2 cm³/mol. The quantitative estimate of drug-likeness (QED) is 0.886. The summed E-state index contributed by atoms with van der Waals surface area (Å²) in [5.41, 5.74) is 0.362. The van der Waals surface area contributed by atoms with E-state index in [0.29, 0.717) is 52.4 Å². The van der Waals surface area contributed by atoms with E-state index in [0.717, 1.165) is 5.56 Å². The molecule has 1 N–H and O–H groups in total. The minimum atomic E-state index is -0.626. The molecule has 2 fully saturated rings. The van der Waals surface area contributed by atoms with Gasteiger partial charge in [0.05, 0.1) is 18.6 Å². The molecule has 6 heteroatoms. The molecule has 2 heterocycles. The Morgan fingerprint density at radius 2 is 1.64 bits per heavy atom. The van der Waals surface area contributed by atoms with Crippen molar-refractivity contribution >= 4 is 11.8 Å². The van der Waals surface area contributed by atoms with Crippen molar-refractivity contribution in [2.24, 2.45) is 0 Å². The summed E-state index contributed by atoms with van der Waals surface area (Å²) in [7, 11) is 0. The zero-order valence-corrected chi connectivity index (χ0v) is 14.7. The summed E-state index contributed by atoms with van der Waals surface area (Å²) in [4.78, 5) is 27.5. The number of morpholine rings is 1. The van der Waals surface area contributed by atoms with Gasteiger partial charge in [-0.1, -0.05) is 30.3 Å². The molecule has 6 nitrogen and oxygen atoms in total. The van der Waals surface area contributed by atoms with Crippen LogP contribution in [0.2, 0.25) is 0 Å². The van der Waals surface area contributed by atoms with E-state index in [9.17, 15) is 9.59 Å². The fourth-order valence-corrected chi connectivity index (χ4v) is 3.58. The number of hydrogen-bond donors (Lipinski definition) is 1. The van der Waals surface area contributed by atoms with Crippen molar-refractivity contribution in [3.05, 3.63) is 35.9 Å². The van der Waals surface area contributed by atoms with Crippen molar-refractivity contribution in [2.45, 2.75) is 31.2 Å². The molecule has 0 aliphatic carbocycles. The van der Waals surface area contributed by atoms with Crippen LogP contribution in [0.25, 0.3) is 0 Å². The SMILES string of the molecule is CC(NC(=O)C1(c2ccccc2)CCOCC1)C(=O)N1CCOCC1. The molecular weight excluding hydrogens is 320 g/mol.